The molecule has 0 bridgehead atoms. The molecule has 0 atom stereocenters. The van der Waals surface area contributed by atoms with E-state index >= 15 is 0 Å². The lowest BCUT2D eigenvalue weighted by molar-refractivity contribution is -0.264. The number of nitrogens with two attached hydrogens (primary N) is 1. The highest BCUT2D eigenvalue weighted by Gasteiger charge is 2.59. The summed E-state index contributed by atoms with van der Waals surface area (Å²) in [5.41, 5.74) is 2.85. The molecule has 0 unspecified atom stereocenters. The number of halogens is 5. The standard InChI is InChI=1S/C8H10F5NO2/c1-2-16-6(15)4-3-5(14)7(9,10)8(11,12)13/h3H,2,4,14H2,1H3. The van der Waals surface area contributed by atoms with E-state index in [9.17, 15) is 26.7 Å². The number of carbonyl (C=O) groups excluding carboxylic acids is 1. The minimum absolute atomic E-state index is 0.00222. The summed E-state index contributed by atoms with van der Waals surface area (Å²) >= 11 is 0. The van der Waals surface area contributed by atoms with Gasteiger partial charge in [-0.2, -0.15) is 22.0 Å². The van der Waals surface area contributed by atoms with Crippen molar-refractivity contribution in [2.24, 2.45) is 5.73 Å². The first-order valence-corrected chi connectivity index (χ1v) is 4.19. The van der Waals surface area contributed by atoms with Crippen molar-refractivity contribution in [3.05, 3.63) is 11.8 Å². The minimum Gasteiger partial charge on any atom is -0.466 e. The first kappa shape index (κ1) is 14.7. The Morgan fingerprint density at radius 2 is 1.81 bits per heavy atom. The zero-order valence-corrected chi connectivity index (χ0v) is 8.28. The third kappa shape index (κ3) is 3.67. The first-order valence-electron chi connectivity index (χ1n) is 4.19. The molecule has 0 rings (SSSR count). The molecule has 0 aromatic rings. The van der Waals surface area contributed by atoms with Crippen molar-refractivity contribution < 1.29 is 31.5 Å². The molecule has 0 aliphatic heterocycles. The third-order valence-corrected chi connectivity index (χ3v) is 1.51. The molecule has 0 heterocycles. The van der Waals surface area contributed by atoms with Crippen molar-refractivity contribution >= 4 is 5.97 Å². The maximum atomic E-state index is 12.5. The van der Waals surface area contributed by atoms with Crippen LogP contribution in [0, 0.1) is 0 Å². The van der Waals surface area contributed by atoms with E-state index in [1.165, 1.54) is 6.92 Å². The number of hydrogen-bond donors (Lipinski definition) is 1. The van der Waals surface area contributed by atoms with Gasteiger partial charge in [0.05, 0.1) is 18.7 Å². The number of alkyl halides is 5. The number of ether oxygens (including phenoxy) is 1. The van der Waals surface area contributed by atoms with Gasteiger partial charge in [-0.05, 0) is 13.0 Å². The van der Waals surface area contributed by atoms with Crippen LogP contribution in [0.4, 0.5) is 22.0 Å². The molecule has 0 radical (unpaired) electrons. The van der Waals surface area contributed by atoms with Gasteiger partial charge in [0, 0.05) is 0 Å². The lowest BCUT2D eigenvalue weighted by atomic mass is 10.2. The van der Waals surface area contributed by atoms with Crippen LogP contribution >= 0.6 is 0 Å². The van der Waals surface area contributed by atoms with Gasteiger partial charge in [0.2, 0.25) is 0 Å². The second-order valence-corrected chi connectivity index (χ2v) is 2.74. The Labute approximate surface area is 88.0 Å². The van der Waals surface area contributed by atoms with Crippen LogP contribution in [0.1, 0.15) is 13.3 Å². The Hall–Kier alpha value is -1.34. The summed E-state index contributed by atoms with van der Waals surface area (Å²) in [6.45, 7) is 1.47. The average Bonchev–Trinajstić information content (AvgIpc) is 2.12. The Morgan fingerprint density at radius 1 is 1.31 bits per heavy atom. The normalized spacial score (nSPS) is 13.8. The maximum absolute atomic E-state index is 12.5. The zero-order valence-electron chi connectivity index (χ0n) is 8.28. The molecule has 0 aliphatic carbocycles. The van der Waals surface area contributed by atoms with Gasteiger partial charge in [0.15, 0.2) is 0 Å². The molecule has 8 heteroatoms. The van der Waals surface area contributed by atoms with Gasteiger partial charge in [-0.25, -0.2) is 0 Å². The molecule has 3 nitrogen and oxygen atoms in total. The topological polar surface area (TPSA) is 52.3 Å². The van der Waals surface area contributed by atoms with Crippen molar-refractivity contribution in [3.63, 3.8) is 0 Å². The molecule has 16 heavy (non-hydrogen) atoms. The van der Waals surface area contributed by atoms with Gasteiger partial charge in [-0.15, -0.1) is 0 Å². The molecule has 0 saturated carbocycles. The molecule has 2 N–H and O–H groups in total. The summed E-state index contributed by atoms with van der Waals surface area (Å²) in [6, 6.07) is 0. The van der Waals surface area contributed by atoms with Crippen molar-refractivity contribution in [2.75, 3.05) is 6.61 Å². The second kappa shape index (κ2) is 5.13. The van der Waals surface area contributed by atoms with Crippen molar-refractivity contribution in [1.29, 1.82) is 0 Å². The van der Waals surface area contributed by atoms with E-state index in [1.54, 1.807) is 0 Å². The van der Waals surface area contributed by atoms with E-state index in [0.717, 1.165) is 0 Å². The van der Waals surface area contributed by atoms with Crippen LogP contribution in [-0.2, 0) is 9.53 Å². The second-order valence-electron chi connectivity index (χ2n) is 2.74. The summed E-state index contributed by atoms with van der Waals surface area (Å²) in [5, 5.41) is 0. The summed E-state index contributed by atoms with van der Waals surface area (Å²) in [6.07, 6.45) is -6.21. The number of hydrogen-bond acceptors (Lipinski definition) is 3. The average molecular weight is 247 g/mol. The van der Waals surface area contributed by atoms with Crippen LogP contribution < -0.4 is 5.73 Å². The quantitative estimate of drug-likeness (QED) is 0.610. The fourth-order valence-corrected chi connectivity index (χ4v) is 0.705. The van der Waals surface area contributed by atoms with E-state index in [4.69, 9.17) is 0 Å². The summed E-state index contributed by atoms with van der Waals surface area (Å²) in [4.78, 5) is 10.7. The number of carbonyl (C=O) groups is 1. The molecule has 94 valence electrons. The van der Waals surface area contributed by atoms with Gasteiger partial charge in [0.1, 0.15) is 0 Å². The largest absolute Gasteiger partial charge is 0.466 e. The Morgan fingerprint density at radius 3 is 2.19 bits per heavy atom. The van der Waals surface area contributed by atoms with E-state index in [2.05, 4.69) is 10.5 Å². The van der Waals surface area contributed by atoms with Gasteiger partial charge >= 0.3 is 18.1 Å². The van der Waals surface area contributed by atoms with Crippen LogP contribution in [0.2, 0.25) is 0 Å². The molecule has 0 aromatic heterocycles. The lowest BCUT2D eigenvalue weighted by Gasteiger charge is -2.19. The fraction of sp³-hybridized carbons (Fsp3) is 0.625. The zero-order chi connectivity index (χ0) is 13.0. The van der Waals surface area contributed by atoms with Gasteiger partial charge < -0.3 is 10.5 Å². The highest BCUT2D eigenvalue weighted by molar-refractivity contribution is 5.71. The van der Waals surface area contributed by atoms with Crippen LogP contribution in [-0.4, -0.2) is 24.7 Å². The van der Waals surface area contributed by atoms with Gasteiger partial charge in [-0.3, -0.25) is 4.79 Å². The summed E-state index contributed by atoms with van der Waals surface area (Å²) in [5.74, 6) is -6.07. The van der Waals surface area contributed by atoms with Crippen LogP contribution in [0.5, 0.6) is 0 Å². The number of rotatable bonds is 4. The highest BCUT2D eigenvalue weighted by Crippen LogP contribution is 2.39. The van der Waals surface area contributed by atoms with Crippen LogP contribution in [0.15, 0.2) is 11.8 Å². The van der Waals surface area contributed by atoms with Crippen LogP contribution in [0.3, 0.4) is 0 Å². The predicted octanol–water partition coefficient (Wildman–Crippen LogP) is 1.98. The minimum atomic E-state index is -5.78. The highest BCUT2D eigenvalue weighted by atomic mass is 19.4. The fourth-order valence-electron chi connectivity index (χ4n) is 0.705. The predicted molar refractivity (Wildman–Crippen MR) is 44.5 cm³/mol. The molecule has 0 aromatic carbocycles. The maximum Gasteiger partial charge on any atom is 0.459 e. The third-order valence-electron chi connectivity index (χ3n) is 1.51. The lowest BCUT2D eigenvalue weighted by Crippen LogP contribution is -2.41. The van der Waals surface area contributed by atoms with Crippen LogP contribution in [0.25, 0.3) is 0 Å². The molecule has 0 saturated heterocycles. The molecular weight excluding hydrogens is 237 g/mol. The van der Waals surface area contributed by atoms with Crippen molar-refractivity contribution in [2.45, 2.75) is 25.4 Å². The van der Waals surface area contributed by atoms with E-state index in [-0.39, 0.29) is 6.61 Å². The number of allylic oxidation sites excluding steroid dienone is 1. The summed E-state index contributed by atoms with van der Waals surface area (Å²) in [7, 11) is 0. The van der Waals surface area contributed by atoms with Gasteiger partial charge in [-0.1, -0.05) is 0 Å². The summed E-state index contributed by atoms with van der Waals surface area (Å²) < 4.78 is 64.6. The Balaban J connectivity index is 4.61. The smallest absolute Gasteiger partial charge is 0.459 e. The number of esters is 1. The van der Waals surface area contributed by atoms with E-state index < -0.39 is 30.2 Å². The molecule has 0 amide bonds. The van der Waals surface area contributed by atoms with Crippen molar-refractivity contribution in [3.8, 4) is 0 Å². The molecule has 0 spiro atoms. The van der Waals surface area contributed by atoms with Crippen molar-refractivity contribution in [1.82, 2.24) is 0 Å². The van der Waals surface area contributed by atoms with Gasteiger partial charge in [0.25, 0.3) is 0 Å². The Bertz CT molecular complexity index is 285. The van der Waals surface area contributed by atoms with E-state index in [0.29, 0.717) is 6.08 Å². The molecule has 0 aliphatic rings. The Kier molecular flexibility index (Phi) is 4.70. The monoisotopic (exact) mass is 247 g/mol. The molecule has 0 fully saturated rings. The SMILES string of the molecule is CCOC(=O)CC=C(N)C(F)(F)C(F)(F)F. The molecular formula is C8H10F5NO2. The van der Waals surface area contributed by atoms with E-state index in [1.807, 2.05) is 0 Å². The first-order chi connectivity index (χ1) is 7.13.